The van der Waals surface area contributed by atoms with Gasteiger partial charge < -0.3 is 9.80 Å². The molecule has 4 amide bonds. The van der Waals surface area contributed by atoms with Gasteiger partial charge in [-0.3, -0.25) is 9.59 Å². The molecule has 120 valence electrons. The van der Waals surface area contributed by atoms with Gasteiger partial charge in [0.2, 0.25) is 0 Å². The number of para-hydroxylation sites is 1. The molecule has 0 saturated carbocycles. The molecule has 4 rings (SSSR count). The molecule has 0 N–H and O–H groups in total. The number of hydrogen-bond acceptors (Lipinski definition) is 3. The fourth-order valence-electron chi connectivity index (χ4n) is 4.03. The molecule has 0 aliphatic carbocycles. The molecule has 6 nitrogen and oxygen atoms in total. The largest absolute Gasteiger partial charge is 0.328 e. The van der Waals surface area contributed by atoms with Gasteiger partial charge in [-0.25, -0.2) is 9.69 Å². The van der Waals surface area contributed by atoms with Gasteiger partial charge in [-0.05, 0) is 38.3 Å². The van der Waals surface area contributed by atoms with Gasteiger partial charge >= 0.3 is 6.03 Å². The quantitative estimate of drug-likeness (QED) is 0.779. The molecule has 0 radical (unpaired) electrons. The van der Waals surface area contributed by atoms with Crippen LogP contribution in [0.2, 0.25) is 0 Å². The van der Waals surface area contributed by atoms with Crippen molar-refractivity contribution in [3.63, 3.8) is 0 Å². The van der Waals surface area contributed by atoms with Gasteiger partial charge in [0.05, 0.1) is 0 Å². The second-order valence-corrected chi connectivity index (χ2v) is 6.49. The summed E-state index contributed by atoms with van der Waals surface area (Å²) in [5.74, 6) is -0.362. The second kappa shape index (κ2) is 5.08. The number of carbonyl (C=O) groups is 3. The maximum atomic E-state index is 12.9. The summed E-state index contributed by atoms with van der Waals surface area (Å²) >= 11 is 0. The Labute approximate surface area is 134 Å². The van der Waals surface area contributed by atoms with Crippen molar-refractivity contribution in [3.05, 3.63) is 30.3 Å². The lowest BCUT2D eigenvalue weighted by molar-refractivity contribution is -0.133. The average molecular weight is 313 g/mol. The fraction of sp³-hybridized carbons (Fsp3) is 0.471. The summed E-state index contributed by atoms with van der Waals surface area (Å²) in [5.41, 5.74) is 0.812. The first kappa shape index (κ1) is 14.2. The first-order valence-corrected chi connectivity index (χ1v) is 8.11. The maximum Gasteiger partial charge on any atom is 0.328 e. The van der Waals surface area contributed by atoms with Crippen LogP contribution in [-0.2, 0) is 9.59 Å². The minimum Gasteiger partial charge on any atom is -0.312 e. The number of hydrogen-bond donors (Lipinski definition) is 0. The highest BCUT2D eigenvalue weighted by molar-refractivity contribution is 6.11. The monoisotopic (exact) mass is 313 g/mol. The lowest BCUT2D eigenvalue weighted by Crippen LogP contribution is -2.46. The Morgan fingerprint density at radius 1 is 0.957 bits per heavy atom. The van der Waals surface area contributed by atoms with Crippen LogP contribution in [0.3, 0.4) is 0 Å². The van der Waals surface area contributed by atoms with Crippen molar-refractivity contribution in [2.45, 2.75) is 44.3 Å². The molecule has 0 aromatic heterocycles. The third kappa shape index (κ3) is 1.97. The zero-order valence-corrected chi connectivity index (χ0v) is 13.0. The fourth-order valence-corrected chi connectivity index (χ4v) is 4.03. The van der Waals surface area contributed by atoms with E-state index >= 15 is 0 Å². The number of anilines is 1. The standard InChI is InChI=1S/C17H19N3O3/c1-11-10-14(16(22)19(11)12-6-3-2-4-7-12)20-15(21)13-8-5-9-18(13)17(20)23/h2-4,6-7,11,13-14H,5,8-10H2,1H3/t11-,13+,14-/m0/s1. The first-order valence-electron chi connectivity index (χ1n) is 8.11. The van der Waals surface area contributed by atoms with Gasteiger partial charge in [-0.15, -0.1) is 0 Å². The molecule has 3 aliphatic rings. The third-order valence-electron chi connectivity index (χ3n) is 5.10. The Bertz CT molecular complexity index is 653. The van der Waals surface area contributed by atoms with Crippen LogP contribution in [-0.4, -0.2) is 52.3 Å². The van der Waals surface area contributed by atoms with Gasteiger partial charge in [0.15, 0.2) is 0 Å². The molecule has 3 saturated heterocycles. The Hall–Kier alpha value is -2.37. The number of rotatable bonds is 2. The van der Waals surface area contributed by atoms with Crippen molar-refractivity contribution in [2.24, 2.45) is 0 Å². The summed E-state index contributed by atoms with van der Waals surface area (Å²) in [4.78, 5) is 42.5. The molecule has 0 unspecified atom stereocenters. The predicted molar refractivity (Wildman–Crippen MR) is 83.8 cm³/mol. The lowest BCUT2D eigenvalue weighted by atomic mass is 10.1. The Kier molecular flexibility index (Phi) is 3.14. The molecule has 3 atom stereocenters. The van der Waals surface area contributed by atoms with Gasteiger partial charge in [-0.1, -0.05) is 18.2 Å². The molecule has 3 fully saturated rings. The SMILES string of the molecule is C[C@H]1C[C@H](N2C(=O)[C@H]3CCCN3C2=O)C(=O)N1c1ccccc1. The number of carbonyl (C=O) groups excluding carboxylic acids is 3. The van der Waals surface area contributed by atoms with E-state index in [1.807, 2.05) is 37.3 Å². The van der Waals surface area contributed by atoms with Crippen molar-refractivity contribution < 1.29 is 14.4 Å². The van der Waals surface area contributed by atoms with Crippen molar-refractivity contribution in [3.8, 4) is 0 Å². The van der Waals surface area contributed by atoms with Crippen LogP contribution in [0.15, 0.2) is 30.3 Å². The summed E-state index contributed by atoms with van der Waals surface area (Å²) in [6, 6.07) is 8.06. The first-order chi connectivity index (χ1) is 11.1. The van der Waals surface area contributed by atoms with Crippen LogP contribution < -0.4 is 4.90 Å². The molecular weight excluding hydrogens is 294 g/mol. The number of amides is 4. The topological polar surface area (TPSA) is 60.9 Å². The van der Waals surface area contributed by atoms with Crippen molar-refractivity contribution in [2.75, 3.05) is 11.4 Å². The smallest absolute Gasteiger partial charge is 0.312 e. The summed E-state index contributed by atoms with van der Waals surface area (Å²) < 4.78 is 0. The Morgan fingerprint density at radius 2 is 1.65 bits per heavy atom. The van der Waals surface area contributed by atoms with E-state index < -0.39 is 6.04 Å². The van der Waals surface area contributed by atoms with Gasteiger partial charge in [0.25, 0.3) is 11.8 Å². The van der Waals surface area contributed by atoms with Crippen LogP contribution in [0.1, 0.15) is 26.2 Å². The number of nitrogens with zero attached hydrogens (tertiary/aromatic N) is 3. The Morgan fingerprint density at radius 3 is 2.35 bits per heavy atom. The molecule has 0 spiro atoms. The van der Waals surface area contributed by atoms with E-state index in [0.29, 0.717) is 19.4 Å². The highest BCUT2D eigenvalue weighted by Gasteiger charge is 2.54. The minimum absolute atomic E-state index is 0.0362. The maximum absolute atomic E-state index is 12.9. The lowest BCUT2D eigenvalue weighted by Gasteiger charge is -2.23. The Balaban J connectivity index is 1.63. The van der Waals surface area contributed by atoms with Gasteiger partial charge in [-0.2, -0.15) is 0 Å². The number of benzene rings is 1. The van der Waals surface area contributed by atoms with Crippen LogP contribution >= 0.6 is 0 Å². The van der Waals surface area contributed by atoms with Gasteiger partial charge in [0, 0.05) is 18.3 Å². The zero-order chi connectivity index (χ0) is 16.1. The zero-order valence-electron chi connectivity index (χ0n) is 13.0. The molecule has 6 heteroatoms. The number of urea groups is 1. The van der Waals surface area contributed by atoms with Crippen LogP contribution in [0, 0.1) is 0 Å². The third-order valence-corrected chi connectivity index (χ3v) is 5.10. The van der Waals surface area contributed by atoms with Crippen molar-refractivity contribution >= 4 is 23.5 Å². The summed E-state index contributed by atoms with van der Waals surface area (Å²) in [7, 11) is 0. The summed E-state index contributed by atoms with van der Waals surface area (Å²) in [6.07, 6.45) is 2.06. The van der Waals surface area contributed by atoms with Crippen LogP contribution in [0.25, 0.3) is 0 Å². The van der Waals surface area contributed by atoms with E-state index in [0.717, 1.165) is 12.1 Å². The van der Waals surface area contributed by atoms with E-state index in [1.54, 1.807) is 9.80 Å². The number of fused-ring (bicyclic) bond motifs is 1. The summed E-state index contributed by atoms with van der Waals surface area (Å²) in [6.45, 7) is 2.57. The average Bonchev–Trinajstić information content (AvgIpc) is 3.19. The van der Waals surface area contributed by atoms with E-state index in [4.69, 9.17) is 0 Å². The van der Waals surface area contributed by atoms with Crippen LogP contribution in [0.5, 0.6) is 0 Å². The molecule has 1 aromatic carbocycles. The second-order valence-electron chi connectivity index (χ2n) is 6.49. The van der Waals surface area contributed by atoms with Crippen LogP contribution in [0.4, 0.5) is 10.5 Å². The van der Waals surface area contributed by atoms with Gasteiger partial charge in [0.1, 0.15) is 12.1 Å². The molecular formula is C17H19N3O3. The highest BCUT2D eigenvalue weighted by atomic mass is 16.2. The molecule has 23 heavy (non-hydrogen) atoms. The molecule has 3 aliphatic heterocycles. The van der Waals surface area contributed by atoms with Crippen molar-refractivity contribution in [1.29, 1.82) is 0 Å². The minimum atomic E-state index is -0.671. The molecule has 0 bridgehead atoms. The normalized spacial score (nSPS) is 30.6. The molecule has 1 aromatic rings. The predicted octanol–water partition coefficient (Wildman–Crippen LogP) is 1.61. The van der Waals surface area contributed by atoms with E-state index in [2.05, 4.69) is 0 Å². The van der Waals surface area contributed by atoms with E-state index in [1.165, 1.54) is 4.90 Å². The van der Waals surface area contributed by atoms with E-state index in [9.17, 15) is 14.4 Å². The highest BCUT2D eigenvalue weighted by Crippen LogP contribution is 2.35. The summed E-state index contributed by atoms with van der Waals surface area (Å²) in [5, 5.41) is 0. The number of imide groups is 1. The molecule has 3 heterocycles. The van der Waals surface area contributed by atoms with Crippen molar-refractivity contribution in [1.82, 2.24) is 9.80 Å². The van der Waals surface area contributed by atoms with E-state index in [-0.39, 0.29) is 29.9 Å².